The summed E-state index contributed by atoms with van der Waals surface area (Å²) >= 11 is 5.83. The molecule has 0 saturated carbocycles. The molecule has 7 heteroatoms. The van der Waals surface area contributed by atoms with Gasteiger partial charge in [0.05, 0.1) is 4.90 Å². The Bertz CT molecular complexity index is 668. The fourth-order valence-electron chi connectivity index (χ4n) is 2.50. The number of carbonyl (C=O) groups is 1. The van der Waals surface area contributed by atoms with E-state index in [9.17, 15) is 13.2 Å². The highest BCUT2D eigenvalue weighted by Crippen LogP contribution is 2.22. The Balaban J connectivity index is 2.07. The Morgan fingerprint density at radius 2 is 2.05 bits per heavy atom. The fraction of sp³-hybridized carbons (Fsp3) is 0.533. The first-order valence-electron chi connectivity index (χ1n) is 7.12. The molecule has 122 valence electrons. The average molecular weight is 345 g/mol. The van der Waals surface area contributed by atoms with E-state index in [2.05, 4.69) is 4.72 Å². The zero-order valence-electron chi connectivity index (χ0n) is 13.0. The zero-order valence-corrected chi connectivity index (χ0v) is 14.5. The molecule has 5 nitrogen and oxygen atoms in total. The number of carbonyl (C=O) groups excluding carboxylic acids is 1. The van der Waals surface area contributed by atoms with Crippen LogP contribution >= 0.6 is 11.6 Å². The van der Waals surface area contributed by atoms with Crippen molar-refractivity contribution >= 4 is 27.5 Å². The van der Waals surface area contributed by atoms with E-state index < -0.39 is 16.1 Å². The molecule has 1 N–H and O–H groups in total. The minimum atomic E-state index is -3.67. The topological polar surface area (TPSA) is 66.5 Å². The molecule has 1 aromatic carbocycles. The fourth-order valence-corrected chi connectivity index (χ4v) is 4.03. The number of nitrogens with zero attached hydrogens (tertiary/aromatic N) is 1. The third kappa shape index (κ3) is 4.44. The maximum absolute atomic E-state index is 12.3. The molecule has 1 aliphatic rings. The molecule has 0 aromatic heterocycles. The van der Waals surface area contributed by atoms with Gasteiger partial charge in [0.1, 0.15) is 0 Å². The maximum atomic E-state index is 12.3. The van der Waals surface area contributed by atoms with Crippen molar-refractivity contribution in [2.24, 2.45) is 5.41 Å². The van der Waals surface area contributed by atoms with Crippen LogP contribution in [-0.4, -0.2) is 38.4 Å². The summed E-state index contributed by atoms with van der Waals surface area (Å²) in [6, 6.07) is 5.68. The van der Waals surface area contributed by atoms with Crippen LogP contribution in [0.3, 0.4) is 0 Å². The average Bonchev–Trinajstić information content (AvgIpc) is 2.66. The van der Waals surface area contributed by atoms with Crippen molar-refractivity contribution in [2.75, 3.05) is 13.1 Å². The summed E-state index contributed by atoms with van der Waals surface area (Å²) in [7, 11) is -3.67. The molecule has 0 bridgehead atoms. The molecule has 0 spiro atoms. The highest BCUT2D eigenvalue weighted by atomic mass is 35.5. The van der Waals surface area contributed by atoms with E-state index in [1.54, 1.807) is 17.0 Å². The Kier molecular flexibility index (Phi) is 4.84. The van der Waals surface area contributed by atoms with Crippen LogP contribution in [0.2, 0.25) is 5.02 Å². The van der Waals surface area contributed by atoms with Gasteiger partial charge in [-0.2, -0.15) is 0 Å². The molecule has 1 aromatic rings. The highest BCUT2D eigenvalue weighted by Gasteiger charge is 2.34. The van der Waals surface area contributed by atoms with Crippen LogP contribution < -0.4 is 4.72 Å². The largest absolute Gasteiger partial charge is 0.341 e. The van der Waals surface area contributed by atoms with Crippen molar-refractivity contribution in [1.29, 1.82) is 0 Å². The molecule has 0 aliphatic carbocycles. The molecule has 0 radical (unpaired) electrons. The SMILES string of the molecule is CC(C)(C)CN1CC(NS(=O)(=O)c2cccc(Cl)c2)CC1=O. The molecule has 1 atom stereocenters. The number of rotatable bonds is 4. The lowest BCUT2D eigenvalue weighted by molar-refractivity contribution is -0.128. The minimum absolute atomic E-state index is 0.0175. The van der Waals surface area contributed by atoms with Crippen molar-refractivity contribution in [3.8, 4) is 0 Å². The van der Waals surface area contributed by atoms with Gasteiger partial charge in [-0.1, -0.05) is 38.4 Å². The monoisotopic (exact) mass is 344 g/mol. The van der Waals surface area contributed by atoms with E-state index >= 15 is 0 Å². The molecule has 22 heavy (non-hydrogen) atoms. The van der Waals surface area contributed by atoms with E-state index in [0.717, 1.165) is 0 Å². The molecule has 2 rings (SSSR count). The number of nitrogens with one attached hydrogen (secondary N) is 1. The van der Waals surface area contributed by atoms with Crippen LogP contribution in [-0.2, 0) is 14.8 Å². The van der Waals surface area contributed by atoms with Gasteiger partial charge in [0.2, 0.25) is 15.9 Å². The minimum Gasteiger partial charge on any atom is -0.341 e. The predicted octanol–water partition coefficient (Wildman–Crippen LogP) is 2.27. The first kappa shape index (κ1) is 17.2. The van der Waals surface area contributed by atoms with Crippen LogP contribution in [0, 0.1) is 5.41 Å². The van der Waals surface area contributed by atoms with Crippen molar-refractivity contribution in [1.82, 2.24) is 9.62 Å². The Hall–Kier alpha value is -1.11. The van der Waals surface area contributed by atoms with Crippen molar-refractivity contribution in [3.63, 3.8) is 0 Å². The summed E-state index contributed by atoms with van der Waals surface area (Å²) in [6.45, 7) is 7.15. The third-order valence-corrected chi connectivity index (χ3v) is 5.06. The molecule has 1 aliphatic heterocycles. The number of likely N-dealkylation sites (tertiary alicyclic amines) is 1. The van der Waals surface area contributed by atoms with Gasteiger partial charge in [0.15, 0.2) is 0 Å². The summed E-state index contributed by atoms with van der Waals surface area (Å²) in [5.74, 6) is -0.0197. The van der Waals surface area contributed by atoms with Crippen LogP contribution in [0.4, 0.5) is 0 Å². The van der Waals surface area contributed by atoms with Crippen LogP contribution in [0.1, 0.15) is 27.2 Å². The number of hydrogen-bond acceptors (Lipinski definition) is 3. The van der Waals surface area contributed by atoms with Crippen molar-refractivity contribution in [3.05, 3.63) is 29.3 Å². The second-order valence-electron chi connectivity index (χ2n) is 6.81. The number of hydrogen-bond donors (Lipinski definition) is 1. The van der Waals surface area contributed by atoms with Gasteiger partial charge in [-0.05, 0) is 23.6 Å². The lowest BCUT2D eigenvalue weighted by Gasteiger charge is -2.26. The van der Waals surface area contributed by atoms with Gasteiger partial charge in [0, 0.05) is 30.6 Å². The van der Waals surface area contributed by atoms with Gasteiger partial charge in [-0.25, -0.2) is 13.1 Å². The first-order chi connectivity index (χ1) is 10.1. The van der Waals surface area contributed by atoms with E-state index in [0.29, 0.717) is 18.1 Å². The summed E-state index contributed by atoms with van der Waals surface area (Å²) in [4.78, 5) is 13.8. The zero-order chi connectivity index (χ0) is 16.5. The van der Waals surface area contributed by atoms with Gasteiger partial charge in [-0.15, -0.1) is 0 Å². The van der Waals surface area contributed by atoms with Crippen molar-refractivity contribution in [2.45, 2.75) is 38.1 Å². The van der Waals surface area contributed by atoms with Gasteiger partial charge in [0.25, 0.3) is 0 Å². The lowest BCUT2D eigenvalue weighted by atomic mass is 9.96. The molecule has 1 heterocycles. The maximum Gasteiger partial charge on any atom is 0.240 e. The van der Waals surface area contributed by atoms with E-state index in [-0.39, 0.29) is 22.6 Å². The molecule has 1 amide bonds. The van der Waals surface area contributed by atoms with Gasteiger partial charge >= 0.3 is 0 Å². The van der Waals surface area contributed by atoms with E-state index in [4.69, 9.17) is 11.6 Å². The number of sulfonamides is 1. The second kappa shape index (κ2) is 6.18. The van der Waals surface area contributed by atoms with Gasteiger partial charge in [-0.3, -0.25) is 4.79 Å². The predicted molar refractivity (Wildman–Crippen MR) is 86.2 cm³/mol. The molecule has 1 unspecified atom stereocenters. The third-order valence-electron chi connectivity index (χ3n) is 3.31. The van der Waals surface area contributed by atoms with E-state index in [1.807, 2.05) is 20.8 Å². The Morgan fingerprint density at radius 3 is 2.64 bits per heavy atom. The normalized spacial score (nSPS) is 19.7. The summed E-state index contributed by atoms with van der Waals surface area (Å²) < 4.78 is 27.3. The van der Waals surface area contributed by atoms with Gasteiger partial charge < -0.3 is 4.90 Å². The highest BCUT2D eigenvalue weighted by molar-refractivity contribution is 7.89. The summed E-state index contributed by atoms with van der Waals surface area (Å²) in [5, 5.41) is 0.361. The number of halogens is 1. The summed E-state index contributed by atoms with van der Waals surface area (Å²) in [6.07, 6.45) is 0.190. The first-order valence-corrected chi connectivity index (χ1v) is 8.99. The molecular formula is C15H21ClN2O3S. The molecule has 1 fully saturated rings. The Morgan fingerprint density at radius 1 is 1.36 bits per heavy atom. The number of benzene rings is 1. The Labute approximate surface area is 136 Å². The number of amides is 1. The molecular weight excluding hydrogens is 324 g/mol. The molecule has 1 saturated heterocycles. The van der Waals surface area contributed by atoms with E-state index in [1.165, 1.54) is 12.1 Å². The van der Waals surface area contributed by atoms with Crippen molar-refractivity contribution < 1.29 is 13.2 Å². The van der Waals surface area contributed by atoms with Crippen LogP contribution in [0.25, 0.3) is 0 Å². The summed E-state index contributed by atoms with van der Waals surface area (Å²) in [5.41, 5.74) is -0.0175. The van der Waals surface area contributed by atoms with Crippen LogP contribution in [0.15, 0.2) is 29.2 Å². The quantitative estimate of drug-likeness (QED) is 0.911. The lowest BCUT2D eigenvalue weighted by Crippen LogP contribution is -2.39. The van der Waals surface area contributed by atoms with Crippen LogP contribution in [0.5, 0.6) is 0 Å². The second-order valence-corrected chi connectivity index (χ2v) is 8.97. The standard InChI is InChI=1S/C15H21ClN2O3S/c1-15(2,3)10-18-9-12(8-14(18)19)17-22(20,21)13-6-4-5-11(16)7-13/h4-7,12,17H,8-10H2,1-3H3. The smallest absolute Gasteiger partial charge is 0.240 e.